The van der Waals surface area contributed by atoms with Crippen molar-refractivity contribution in [3.8, 4) is 0 Å². The number of hydrogen-bond acceptors (Lipinski definition) is 6. The molecule has 0 aromatic heterocycles. The van der Waals surface area contributed by atoms with E-state index >= 15 is 0 Å². The second-order valence-corrected chi connectivity index (χ2v) is 6.19. The minimum Gasteiger partial charge on any atom is -0.455 e. The summed E-state index contributed by atoms with van der Waals surface area (Å²) >= 11 is 0. The molecule has 0 saturated heterocycles. The lowest BCUT2D eigenvalue weighted by Crippen LogP contribution is -2.40. The van der Waals surface area contributed by atoms with Crippen LogP contribution < -0.4 is 15.4 Å². The van der Waals surface area contributed by atoms with Crippen LogP contribution >= 0.6 is 0 Å². The summed E-state index contributed by atoms with van der Waals surface area (Å²) in [5, 5.41) is 4.03. The van der Waals surface area contributed by atoms with Crippen molar-refractivity contribution in [1.29, 1.82) is 0 Å². The Morgan fingerprint density at radius 1 is 1.13 bits per heavy atom. The molecule has 10 heteroatoms. The molecule has 1 aromatic carbocycles. The third kappa shape index (κ3) is 6.45. The van der Waals surface area contributed by atoms with Gasteiger partial charge in [0.15, 0.2) is 6.61 Å². The van der Waals surface area contributed by atoms with E-state index in [-0.39, 0.29) is 4.90 Å². The van der Waals surface area contributed by atoms with Crippen LogP contribution in [0.4, 0.5) is 4.79 Å². The lowest BCUT2D eigenvalue weighted by Gasteiger charge is -2.08. The lowest BCUT2D eigenvalue weighted by atomic mass is 10.2. The van der Waals surface area contributed by atoms with Crippen molar-refractivity contribution in [2.75, 3.05) is 20.2 Å². The highest BCUT2D eigenvalue weighted by molar-refractivity contribution is 7.89. The Hall–Kier alpha value is -2.46. The molecule has 0 radical (unpaired) electrons. The number of imide groups is 1. The van der Waals surface area contributed by atoms with E-state index in [4.69, 9.17) is 0 Å². The number of benzene rings is 1. The van der Waals surface area contributed by atoms with E-state index in [2.05, 4.69) is 14.8 Å². The van der Waals surface area contributed by atoms with Crippen LogP contribution in [-0.4, -0.2) is 46.5 Å². The average molecular weight is 343 g/mol. The topological polar surface area (TPSA) is 131 Å². The average Bonchev–Trinajstić information content (AvgIpc) is 2.51. The van der Waals surface area contributed by atoms with E-state index in [0.29, 0.717) is 0 Å². The first-order valence-corrected chi connectivity index (χ1v) is 7.96. The Labute approximate surface area is 133 Å². The molecule has 0 aliphatic carbocycles. The number of esters is 1. The van der Waals surface area contributed by atoms with Gasteiger partial charge < -0.3 is 10.1 Å². The maximum atomic E-state index is 11.9. The zero-order valence-corrected chi connectivity index (χ0v) is 13.4. The molecular formula is C13H17N3O6S. The fraction of sp³-hybridized carbons (Fsp3) is 0.308. The number of carbonyl (C=O) groups is 3. The number of urea groups is 1. The van der Waals surface area contributed by atoms with Crippen LogP contribution in [0.25, 0.3) is 0 Å². The molecule has 0 heterocycles. The van der Waals surface area contributed by atoms with Crippen molar-refractivity contribution in [2.45, 2.75) is 11.8 Å². The van der Waals surface area contributed by atoms with Gasteiger partial charge in [0, 0.05) is 7.05 Å². The molecule has 1 rings (SSSR count). The van der Waals surface area contributed by atoms with Gasteiger partial charge in [-0.15, -0.1) is 0 Å². The monoisotopic (exact) mass is 343 g/mol. The van der Waals surface area contributed by atoms with E-state index in [9.17, 15) is 22.8 Å². The molecule has 3 N–H and O–H groups in total. The lowest BCUT2D eigenvalue weighted by molar-refractivity contribution is -0.147. The summed E-state index contributed by atoms with van der Waals surface area (Å²) < 4.78 is 30.4. The van der Waals surface area contributed by atoms with Crippen LogP contribution in [0.2, 0.25) is 0 Å². The van der Waals surface area contributed by atoms with Gasteiger partial charge in [0.25, 0.3) is 5.91 Å². The molecule has 0 saturated carbocycles. The quantitative estimate of drug-likeness (QED) is 0.584. The molecule has 9 nitrogen and oxygen atoms in total. The van der Waals surface area contributed by atoms with Gasteiger partial charge in [-0.05, 0) is 19.1 Å². The number of hydrogen-bond donors (Lipinski definition) is 3. The Morgan fingerprint density at radius 3 is 2.30 bits per heavy atom. The number of amides is 3. The van der Waals surface area contributed by atoms with E-state index in [1.807, 2.05) is 12.2 Å². The number of aryl methyl sites for hydroxylation is 1. The largest absolute Gasteiger partial charge is 0.455 e. The van der Waals surface area contributed by atoms with E-state index < -0.39 is 41.1 Å². The third-order valence-corrected chi connectivity index (χ3v) is 4.00. The molecule has 0 fully saturated rings. The van der Waals surface area contributed by atoms with E-state index in [0.717, 1.165) is 5.56 Å². The van der Waals surface area contributed by atoms with Gasteiger partial charge in [-0.2, -0.15) is 4.72 Å². The molecule has 23 heavy (non-hydrogen) atoms. The van der Waals surface area contributed by atoms with Gasteiger partial charge in [-0.1, -0.05) is 17.7 Å². The highest BCUT2D eigenvalue weighted by atomic mass is 32.2. The van der Waals surface area contributed by atoms with Gasteiger partial charge in [-0.25, -0.2) is 13.2 Å². The van der Waals surface area contributed by atoms with Crippen molar-refractivity contribution < 1.29 is 27.5 Å². The zero-order valence-electron chi connectivity index (χ0n) is 12.6. The first-order chi connectivity index (χ1) is 10.7. The molecule has 126 valence electrons. The Balaban J connectivity index is 2.45. The summed E-state index contributed by atoms with van der Waals surface area (Å²) in [6.45, 7) is 0.479. The van der Waals surface area contributed by atoms with Crippen LogP contribution in [-0.2, 0) is 24.3 Å². The summed E-state index contributed by atoms with van der Waals surface area (Å²) in [4.78, 5) is 33.4. The molecule has 0 atom stereocenters. The normalized spacial score (nSPS) is 10.7. The first-order valence-electron chi connectivity index (χ1n) is 6.48. The molecule has 0 spiro atoms. The van der Waals surface area contributed by atoms with Crippen LogP contribution in [0.1, 0.15) is 5.56 Å². The highest BCUT2D eigenvalue weighted by Gasteiger charge is 2.16. The Bertz CT molecular complexity index is 684. The minimum atomic E-state index is -3.85. The van der Waals surface area contributed by atoms with Crippen LogP contribution in [0.5, 0.6) is 0 Å². The van der Waals surface area contributed by atoms with Crippen molar-refractivity contribution in [3.05, 3.63) is 29.8 Å². The Morgan fingerprint density at radius 2 is 1.74 bits per heavy atom. The number of sulfonamides is 1. The second-order valence-electron chi connectivity index (χ2n) is 4.43. The third-order valence-electron chi connectivity index (χ3n) is 2.58. The van der Waals surface area contributed by atoms with E-state index in [1.54, 1.807) is 12.1 Å². The second kappa shape index (κ2) is 8.25. The van der Waals surface area contributed by atoms with Crippen molar-refractivity contribution in [1.82, 2.24) is 15.4 Å². The first kappa shape index (κ1) is 18.6. The predicted octanol–water partition coefficient (Wildman–Crippen LogP) is -0.728. The van der Waals surface area contributed by atoms with Gasteiger partial charge >= 0.3 is 12.0 Å². The molecular weight excluding hydrogens is 326 g/mol. The smallest absolute Gasteiger partial charge is 0.321 e. The SMILES string of the molecule is CNC(=O)NC(=O)COC(=O)CNS(=O)(=O)c1ccc(C)cc1. The van der Waals surface area contributed by atoms with Crippen LogP contribution in [0, 0.1) is 6.92 Å². The molecule has 0 aliphatic rings. The fourth-order valence-corrected chi connectivity index (χ4v) is 2.35. The Kier molecular flexibility index (Phi) is 6.66. The summed E-state index contributed by atoms with van der Waals surface area (Å²) in [6.07, 6.45) is 0. The zero-order chi connectivity index (χ0) is 17.5. The maximum absolute atomic E-state index is 11.9. The number of ether oxygens (including phenoxy) is 1. The molecule has 0 bridgehead atoms. The van der Waals surface area contributed by atoms with E-state index in [1.165, 1.54) is 19.2 Å². The number of rotatable bonds is 6. The summed E-state index contributed by atoms with van der Waals surface area (Å²) in [7, 11) is -2.54. The number of nitrogens with one attached hydrogen (secondary N) is 3. The molecule has 0 unspecified atom stereocenters. The van der Waals surface area contributed by atoms with Gasteiger partial charge in [0.05, 0.1) is 4.90 Å². The van der Waals surface area contributed by atoms with Crippen molar-refractivity contribution in [2.24, 2.45) is 0 Å². The fourth-order valence-electron chi connectivity index (χ4n) is 1.38. The van der Waals surface area contributed by atoms with Crippen molar-refractivity contribution >= 4 is 27.9 Å². The number of carbonyl (C=O) groups excluding carboxylic acids is 3. The predicted molar refractivity (Wildman–Crippen MR) is 79.9 cm³/mol. The highest BCUT2D eigenvalue weighted by Crippen LogP contribution is 2.09. The molecule has 3 amide bonds. The maximum Gasteiger partial charge on any atom is 0.321 e. The summed E-state index contributed by atoms with van der Waals surface area (Å²) in [6, 6.07) is 5.30. The molecule has 1 aromatic rings. The van der Waals surface area contributed by atoms with Gasteiger partial charge in [0.1, 0.15) is 6.54 Å². The molecule has 0 aliphatic heterocycles. The standard InChI is InChI=1S/C13H17N3O6S/c1-9-3-5-10(6-4-9)23(20,21)15-7-12(18)22-8-11(17)16-13(19)14-2/h3-6,15H,7-8H2,1-2H3,(H2,14,16,17,19). The van der Waals surface area contributed by atoms with Crippen molar-refractivity contribution in [3.63, 3.8) is 0 Å². The van der Waals surface area contributed by atoms with Gasteiger partial charge in [-0.3, -0.25) is 14.9 Å². The minimum absolute atomic E-state index is 0.00765. The summed E-state index contributed by atoms with van der Waals surface area (Å²) in [5.74, 6) is -1.79. The van der Waals surface area contributed by atoms with Gasteiger partial charge in [0.2, 0.25) is 10.0 Å². The van der Waals surface area contributed by atoms with Crippen LogP contribution in [0.15, 0.2) is 29.2 Å². The van der Waals surface area contributed by atoms with Crippen LogP contribution in [0.3, 0.4) is 0 Å². The summed E-state index contributed by atoms with van der Waals surface area (Å²) in [5.41, 5.74) is 0.894.